The molecule has 2 rings (SSSR count). The summed E-state index contributed by atoms with van der Waals surface area (Å²) in [7, 11) is 3.44. The molecule has 0 radical (unpaired) electrons. The zero-order valence-electron chi connectivity index (χ0n) is 15.9. The smallest absolute Gasteiger partial charge is 0.422 e. The molecule has 5 nitrogen and oxygen atoms in total. The van der Waals surface area contributed by atoms with Crippen LogP contribution in [0.2, 0.25) is 0 Å². The van der Waals surface area contributed by atoms with Crippen LogP contribution in [-0.2, 0) is 11.3 Å². The Morgan fingerprint density at radius 2 is 1.89 bits per heavy atom. The predicted octanol–water partition coefficient (Wildman–Crippen LogP) is 3.50. The zero-order valence-corrected chi connectivity index (χ0v) is 15.9. The minimum Gasteiger partial charge on any atom is -0.484 e. The number of nitrogens with one attached hydrogen (secondary N) is 2. The molecule has 27 heavy (non-hydrogen) atoms. The molecule has 1 aromatic rings. The van der Waals surface area contributed by atoms with Gasteiger partial charge in [0.1, 0.15) is 5.75 Å². The highest BCUT2D eigenvalue weighted by Gasteiger charge is 2.36. The molecule has 1 aliphatic rings. The van der Waals surface area contributed by atoms with Gasteiger partial charge >= 0.3 is 6.18 Å². The van der Waals surface area contributed by atoms with E-state index in [1.807, 2.05) is 0 Å². The van der Waals surface area contributed by atoms with E-state index in [1.165, 1.54) is 31.4 Å². The van der Waals surface area contributed by atoms with Crippen LogP contribution < -0.4 is 15.4 Å². The molecule has 0 unspecified atom stereocenters. The van der Waals surface area contributed by atoms with Gasteiger partial charge in [-0.2, -0.15) is 13.2 Å². The number of halogens is 3. The molecular formula is C19H28F3N3O2. The van der Waals surface area contributed by atoms with Crippen LogP contribution >= 0.6 is 0 Å². The third kappa shape index (κ3) is 7.28. The van der Waals surface area contributed by atoms with E-state index in [0.717, 1.165) is 25.1 Å². The number of alkyl halides is 3. The van der Waals surface area contributed by atoms with Crippen molar-refractivity contribution < 1.29 is 22.6 Å². The van der Waals surface area contributed by atoms with Crippen molar-refractivity contribution in [3.05, 3.63) is 29.8 Å². The van der Waals surface area contributed by atoms with Crippen LogP contribution in [0.15, 0.2) is 29.3 Å². The highest BCUT2D eigenvalue weighted by molar-refractivity contribution is 5.79. The molecule has 1 aromatic carbocycles. The first-order chi connectivity index (χ1) is 12.9. The zero-order chi connectivity index (χ0) is 19.8. The van der Waals surface area contributed by atoms with Gasteiger partial charge in [-0.3, -0.25) is 4.99 Å². The van der Waals surface area contributed by atoms with Crippen molar-refractivity contribution in [3.8, 4) is 5.75 Å². The molecule has 0 saturated heterocycles. The summed E-state index contributed by atoms with van der Waals surface area (Å²) < 4.78 is 46.4. The number of hydrogen-bond donors (Lipinski definition) is 2. The first kappa shape index (κ1) is 21.3. The van der Waals surface area contributed by atoms with Crippen molar-refractivity contribution in [2.45, 2.75) is 38.4 Å². The molecule has 0 amide bonds. The second kappa shape index (κ2) is 9.82. The fraction of sp³-hybridized carbons (Fsp3) is 0.632. The fourth-order valence-electron chi connectivity index (χ4n) is 3.06. The number of ether oxygens (including phenoxy) is 2. The van der Waals surface area contributed by atoms with Gasteiger partial charge in [0, 0.05) is 33.9 Å². The maximum Gasteiger partial charge on any atom is 0.422 e. The number of rotatable bonds is 9. The quantitative estimate of drug-likeness (QED) is 0.503. The van der Waals surface area contributed by atoms with Crippen molar-refractivity contribution in [3.63, 3.8) is 0 Å². The van der Waals surface area contributed by atoms with Crippen molar-refractivity contribution in [2.24, 2.45) is 10.4 Å². The Kier molecular flexibility index (Phi) is 7.77. The molecule has 0 atom stereocenters. The minimum atomic E-state index is -4.33. The summed E-state index contributed by atoms with van der Waals surface area (Å²) in [5.74, 6) is 0.903. The highest BCUT2D eigenvalue weighted by atomic mass is 19.4. The Morgan fingerprint density at radius 3 is 2.41 bits per heavy atom. The van der Waals surface area contributed by atoms with Crippen LogP contribution in [0.5, 0.6) is 5.75 Å². The van der Waals surface area contributed by atoms with Gasteiger partial charge in [0.2, 0.25) is 0 Å². The van der Waals surface area contributed by atoms with Crippen LogP contribution in [-0.4, -0.2) is 46.1 Å². The standard InChI is InChI=1S/C19H28F3N3O2/c1-23-17(25-13-18(8-3-9-18)10-11-26-2)24-12-15-4-6-16(7-5-15)27-14-19(20,21)22/h4-7H,3,8-14H2,1-2H3,(H2,23,24,25). The monoisotopic (exact) mass is 387 g/mol. The van der Waals surface area contributed by atoms with E-state index in [4.69, 9.17) is 9.47 Å². The molecule has 2 N–H and O–H groups in total. The van der Waals surface area contributed by atoms with Gasteiger partial charge in [-0.25, -0.2) is 0 Å². The Bertz CT molecular complexity index is 599. The van der Waals surface area contributed by atoms with Crippen molar-refractivity contribution in [1.29, 1.82) is 0 Å². The van der Waals surface area contributed by atoms with Gasteiger partial charge in [0.25, 0.3) is 0 Å². The molecule has 152 valence electrons. The molecule has 8 heteroatoms. The lowest BCUT2D eigenvalue weighted by atomic mass is 9.67. The summed E-state index contributed by atoms with van der Waals surface area (Å²) in [5, 5.41) is 6.60. The minimum absolute atomic E-state index is 0.198. The largest absolute Gasteiger partial charge is 0.484 e. The molecule has 1 saturated carbocycles. The van der Waals surface area contributed by atoms with Crippen LogP contribution in [0.25, 0.3) is 0 Å². The molecule has 0 bridgehead atoms. The lowest BCUT2D eigenvalue weighted by Crippen LogP contribution is -2.46. The van der Waals surface area contributed by atoms with Crippen LogP contribution in [0.1, 0.15) is 31.2 Å². The number of nitrogens with zero attached hydrogens (tertiary/aromatic N) is 1. The van der Waals surface area contributed by atoms with Crippen molar-refractivity contribution >= 4 is 5.96 Å². The van der Waals surface area contributed by atoms with Gasteiger partial charge < -0.3 is 20.1 Å². The number of hydrogen-bond acceptors (Lipinski definition) is 3. The summed E-state index contributed by atoms with van der Waals surface area (Å²) in [4.78, 5) is 4.23. The maximum absolute atomic E-state index is 12.2. The number of guanidine groups is 1. The second-order valence-electron chi connectivity index (χ2n) is 6.92. The molecule has 1 fully saturated rings. The van der Waals surface area contributed by atoms with Crippen molar-refractivity contribution in [2.75, 3.05) is 33.9 Å². The third-order valence-electron chi connectivity index (χ3n) is 4.89. The molecule has 0 spiro atoms. The SMILES string of the molecule is CN=C(NCc1ccc(OCC(F)(F)F)cc1)NCC1(CCOC)CCC1. The lowest BCUT2D eigenvalue weighted by Gasteiger charge is -2.42. The first-order valence-corrected chi connectivity index (χ1v) is 9.08. The summed E-state index contributed by atoms with van der Waals surface area (Å²) in [6, 6.07) is 6.54. The van der Waals surface area contributed by atoms with E-state index in [-0.39, 0.29) is 11.2 Å². The highest BCUT2D eigenvalue weighted by Crippen LogP contribution is 2.43. The van der Waals surface area contributed by atoms with E-state index >= 15 is 0 Å². The van der Waals surface area contributed by atoms with Crippen LogP contribution in [0, 0.1) is 5.41 Å². The number of methoxy groups -OCH3 is 1. The average Bonchev–Trinajstić information content (AvgIpc) is 2.61. The number of aliphatic imine (C=N–C) groups is 1. The van der Waals surface area contributed by atoms with Crippen LogP contribution in [0.4, 0.5) is 13.2 Å². The molecule has 0 heterocycles. The summed E-state index contributed by atoms with van der Waals surface area (Å²) in [6.45, 7) is 0.840. The predicted molar refractivity (Wildman–Crippen MR) is 99.0 cm³/mol. The van der Waals surface area contributed by atoms with Gasteiger partial charge in [0.15, 0.2) is 12.6 Å². The summed E-state index contributed by atoms with van der Waals surface area (Å²) >= 11 is 0. The van der Waals surface area contributed by atoms with Crippen molar-refractivity contribution in [1.82, 2.24) is 10.6 Å². The molecule has 0 aromatic heterocycles. The summed E-state index contributed by atoms with van der Waals surface area (Å²) in [6.07, 6.45) is 0.339. The fourth-order valence-corrected chi connectivity index (χ4v) is 3.06. The Morgan fingerprint density at radius 1 is 1.19 bits per heavy atom. The summed E-state index contributed by atoms with van der Waals surface area (Å²) in [5.41, 5.74) is 1.21. The topological polar surface area (TPSA) is 54.9 Å². The Labute approximate surface area is 158 Å². The second-order valence-corrected chi connectivity index (χ2v) is 6.92. The van der Waals surface area contributed by atoms with Gasteiger partial charge in [0.05, 0.1) is 0 Å². The maximum atomic E-state index is 12.2. The molecule has 1 aliphatic carbocycles. The lowest BCUT2D eigenvalue weighted by molar-refractivity contribution is -0.153. The molecule has 0 aliphatic heterocycles. The van der Waals surface area contributed by atoms with Gasteiger partial charge in [-0.05, 0) is 42.4 Å². The van der Waals surface area contributed by atoms with E-state index in [0.29, 0.717) is 12.5 Å². The number of benzene rings is 1. The Balaban J connectivity index is 1.77. The van der Waals surface area contributed by atoms with Gasteiger partial charge in [-0.1, -0.05) is 18.6 Å². The van der Waals surface area contributed by atoms with Gasteiger partial charge in [-0.15, -0.1) is 0 Å². The van der Waals surface area contributed by atoms with E-state index in [1.54, 1.807) is 26.3 Å². The van der Waals surface area contributed by atoms with E-state index < -0.39 is 12.8 Å². The normalized spacial score (nSPS) is 16.6. The Hall–Kier alpha value is -1.96. The third-order valence-corrected chi connectivity index (χ3v) is 4.89. The average molecular weight is 387 g/mol. The van der Waals surface area contributed by atoms with Crippen LogP contribution in [0.3, 0.4) is 0 Å². The van der Waals surface area contributed by atoms with E-state index in [2.05, 4.69) is 15.6 Å². The first-order valence-electron chi connectivity index (χ1n) is 9.08. The van der Waals surface area contributed by atoms with E-state index in [9.17, 15) is 13.2 Å². The molecular weight excluding hydrogens is 359 g/mol.